The topological polar surface area (TPSA) is 95.4 Å². The summed E-state index contributed by atoms with van der Waals surface area (Å²) in [5.41, 5.74) is 10.1. The van der Waals surface area contributed by atoms with Crippen molar-refractivity contribution in [2.45, 2.75) is 13.1 Å². The Bertz CT molecular complexity index is 180. The minimum Gasteiger partial charge on any atom is -0.315 e. The van der Waals surface area contributed by atoms with Gasteiger partial charge in [0.05, 0.1) is 12.8 Å². The molecule has 5 nitrogen and oxygen atoms in total. The van der Waals surface area contributed by atoms with Gasteiger partial charge in [-0.1, -0.05) is 0 Å². The molecule has 0 aromatic rings. The van der Waals surface area contributed by atoms with Crippen LogP contribution in [-0.2, 0) is 14.3 Å². The minimum atomic E-state index is -3.48. The lowest BCUT2D eigenvalue weighted by Gasteiger charge is -2.04. The van der Waals surface area contributed by atoms with Crippen LogP contribution in [-0.4, -0.2) is 26.9 Å². The molecule has 7 heteroatoms. The van der Waals surface area contributed by atoms with E-state index in [-0.39, 0.29) is 24.8 Å². The molecule has 4 N–H and O–H groups in total. The van der Waals surface area contributed by atoms with E-state index in [2.05, 4.69) is 4.18 Å². The Hall–Kier alpha value is 0.120. The summed E-state index contributed by atoms with van der Waals surface area (Å²) in [5, 5.41) is 0. The first-order valence-electron chi connectivity index (χ1n) is 2.86. The molecule has 0 atom stereocenters. The second kappa shape index (κ2) is 5.73. The predicted molar refractivity (Wildman–Crippen MR) is 44.8 cm³/mol. The SMILES string of the molecule is CCOS(=O)(=O)CC(N)N.Cl. The van der Waals surface area contributed by atoms with Crippen LogP contribution in [0.3, 0.4) is 0 Å². The molecule has 0 amide bonds. The Morgan fingerprint density at radius 1 is 1.45 bits per heavy atom. The van der Waals surface area contributed by atoms with Gasteiger partial charge in [0.2, 0.25) is 0 Å². The van der Waals surface area contributed by atoms with Gasteiger partial charge in [-0.2, -0.15) is 8.42 Å². The zero-order chi connectivity index (χ0) is 8.20. The number of hydrogen-bond donors (Lipinski definition) is 2. The van der Waals surface area contributed by atoms with Crippen LogP contribution in [0.5, 0.6) is 0 Å². The van der Waals surface area contributed by atoms with Gasteiger partial charge in [0.15, 0.2) is 0 Å². The second-order valence-corrected chi connectivity index (χ2v) is 3.48. The van der Waals surface area contributed by atoms with Gasteiger partial charge in [-0.05, 0) is 6.92 Å². The Balaban J connectivity index is 0. The van der Waals surface area contributed by atoms with E-state index in [1.165, 1.54) is 0 Å². The third-order valence-corrected chi connectivity index (χ3v) is 2.08. The van der Waals surface area contributed by atoms with E-state index in [0.29, 0.717) is 0 Å². The second-order valence-electron chi connectivity index (χ2n) is 1.79. The lowest BCUT2D eigenvalue weighted by molar-refractivity contribution is 0.336. The molecule has 0 saturated carbocycles. The largest absolute Gasteiger partial charge is 0.315 e. The van der Waals surface area contributed by atoms with E-state index in [4.69, 9.17) is 11.5 Å². The lowest BCUT2D eigenvalue weighted by Crippen LogP contribution is -2.38. The number of halogens is 1. The van der Waals surface area contributed by atoms with Crippen LogP contribution in [0.15, 0.2) is 0 Å². The van der Waals surface area contributed by atoms with E-state index in [9.17, 15) is 8.42 Å². The van der Waals surface area contributed by atoms with Crippen LogP contribution >= 0.6 is 12.4 Å². The summed E-state index contributed by atoms with van der Waals surface area (Å²) in [7, 11) is -3.48. The molecule has 0 radical (unpaired) electrons. The van der Waals surface area contributed by atoms with Crippen molar-refractivity contribution in [3.8, 4) is 0 Å². The first kappa shape index (κ1) is 13.7. The molecule has 0 unspecified atom stereocenters. The highest BCUT2D eigenvalue weighted by atomic mass is 35.5. The number of hydrogen-bond acceptors (Lipinski definition) is 5. The zero-order valence-corrected chi connectivity index (χ0v) is 7.82. The van der Waals surface area contributed by atoms with Gasteiger partial charge in [-0.15, -0.1) is 12.4 Å². The molecular weight excluding hydrogens is 192 g/mol. The lowest BCUT2D eigenvalue weighted by atomic mass is 10.7. The standard InChI is InChI=1S/C4H12N2O3S.ClH/c1-2-9-10(7,8)3-4(5)6;/h4H,2-3,5-6H2,1H3;1H. The molecule has 0 aliphatic rings. The van der Waals surface area contributed by atoms with E-state index < -0.39 is 16.3 Å². The first-order valence-corrected chi connectivity index (χ1v) is 4.44. The summed E-state index contributed by atoms with van der Waals surface area (Å²) in [6.45, 7) is 1.70. The monoisotopic (exact) mass is 204 g/mol. The molecule has 0 saturated heterocycles. The van der Waals surface area contributed by atoms with Crippen LogP contribution in [0.2, 0.25) is 0 Å². The van der Waals surface area contributed by atoms with Gasteiger partial charge in [0.1, 0.15) is 5.75 Å². The highest BCUT2D eigenvalue weighted by Crippen LogP contribution is 1.91. The third kappa shape index (κ3) is 8.02. The summed E-state index contributed by atoms with van der Waals surface area (Å²) in [4.78, 5) is 0. The van der Waals surface area contributed by atoms with Crippen molar-refractivity contribution in [2.75, 3.05) is 12.4 Å². The minimum absolute atomic E-state index is 0. The summed E-state index contributed by atoms with van der Waals surface area (Å²) in [5.74, 6) is -0.332. The fourth-order valence-corrected chi connectivity index (χ4v) is 1.39. The quantitative estimate of drug-likeness (QED) is 0.453. The Morgan fingerprint density at radius 2 is 1.91 bits per heavy atom. The molecule has 70 valence electrons. The molecule has 0 bridgehead atoms. The highest BCUT2D eigenvalue weighted by Gasteiger charge is 2.12. The van der Waals surface area contributed by atoms with Crippen molar-refractivity contribution in [3.05, 3.63) is 0 Å². The van der Waals surface area contributed by atoms with Crippen LogP contribution in [0.4, 0.5) is 0 Å². The summed E-state index contributed by atoms with van der Waals surface area (Å²) in [6, 6.07) is 0. The van der Waals surface area contributed by atoms with Crippen LogP contribution in [0, 0.1) is 0 Å². The van der Waals surface area contributed by atoms with Gasteiger partial charge in [-0.25, -0.2) is 0 Å². The van der Waals surface area contributed by atoms with Crippen molar-refractivity contribution >= 4 is 22.5 Å². The fourth-order valence-electron chi connectivity index (χ4n) is 0.463. The molecule has 0 fully saturated rings. The molecular formula is C4H13ClN2O3S. The average molecular weight is 205 g/mol. The maximum Gasteiger partial charge on any atom is 0.270 e. The van der Waals surface area contributed by atoms with Gasteiger partial charge in [0.25, 0.3) is 10.1 Å². The Labute approximate surface area is 72.6 Å². The summed E-state index contributed by atoms with van der Waals surface area (Å²) < 4.78 is 25.7. The Morgan fingerprint density at radius 3 is 2.18 bits per heavy atom. The average Bonchev–Trinajstić information content (AvgIpc) is 1.59. The summed E-state index contributed by atoms with van der Waals surface area (Å²) >= 11 is 0. The van der Waals surface area contributed by atoms with Crippen LogP contribution in [0.1, 0.15) is 6.92 Å². The molecule has 0 spiro atoms. The van der Waals surface area contributed by atoms with Gasteiger partial charge < -0.3 is 11.5 Å². The fraction of sp³-hybridized carbons (Fsp3) is 1.00. The molecule has 11 heavy (non-hydrogen) atoms. The molecule has 0 aromatic heterocycles. The van der Waals surface area contributed by atoms with Crippen molar-refractivity contribution in [3.63, 3.8) is 0 Å². The zero-order valence-electron chi connectivity index (χ0n) is 6.19. The van der Waals surface area contributed by atoms with Gasteiger partial charge in [0, 0.05) is 0 Å². The molecule has 0 aliphatic carbocycles. The predicted octanol–water partition coefficient (Wildman–Crippen LogP) is -0.982. The third-order valence-electron chi connectivity index (χ3n) is 0.694. The maximum atomic E-state index is 10.7. The molecule has 0 aliphatic heterocycles. The summed E-state index contributed by atoms with van der Waals surface area (Å²) in [6.07, 6.45) is -0.864. The van der Waals surface area contributed by atoms with Crippen molar-refractivity contribution in [1.82, 2.24) is 0 Å². The van der Waals surface area contributed by atoms with E-state index >= 15 is 0 Å². The van der Waals surface area contributed by atoms with Gasteiger partial charge in [-0.3, -0.25) is 4.18 Å². The maximum absolute atomic E-state index is 10.7. The van der Waals surface area contributed by atoms with Crippen molar-refractivity contribution in [2.24, 2.45) is 11.5 Å². The van der Waals surface area contributed by atoms with E-state index in [1.807, 2.05) is 0 Å². The number of nitrogens with two attached hydrogens (primary N) is 2. The molecule has 0 rings (SSSR count). The molecule has 0 heterocycles. The number of rotatable bonds is 4. The van der Waals surface area contributed by atoms with E-state index in [0.717, 1.165) is 0 Å². The Kier molecular flexibility index (Phi) is 7.13. The van der Waals surface area contributed by atoms with Crippen LogP contribution in [0.25, 0.3) is 0 Å². The first-order chi connectivity index (χ1) is 4.48. The van der Waals surface area contributed by atoms with Crippen molar-refractivity contribution in [1.29, 1.82) is 0 Å². The normalized spacial score (nSPS) is 11.3. The van der Waals surface area contributed by atoms with E-state index in [1.54, 1.807) is 6.92 Å². The molecule has 0 aromatic carbocycles. The van der Waals surface area contributed by atoms with Gasteiger partial charge >= 0.3 is 0 Å². The smallest absolute Gasteiger partial charge is 0.270 e. The van der Waals surface area contributed by atoms with Crippen LogP contribution < -0.4 is 11.5 Å². The van der Waals surface area contributed by atoms with Crippen molar-refractivity contribution < 1.29 is 12.6 Å². The highest BCUT2D eigenvalue weighted by molar-refractivity contribution is 7.86.